The Morgan fingerprint density at radius 1 is 1.47 bits per heavy atom. The third-order valence-electron chi connectivity index (χ3n) is 3.35. The van der Waals surface area contributed by atoms with Crippen LogP contribution in [0.4, 0.5) is 13.2 Å². The van der Waals surface area contributed by atoms with Gasteiger partial charge in [0.25, 0.3) is 0 Å². The molecule has 0 spiro atoms. The summed E-state index contributed by atoms with van der Waals surface area (Å²) in [6, 6.07) is 0. The largest absolute Gasteiger partial charge is 0.409 e. The van der Waals surface area contributed by atoms with E-state index in [0.29, 0.717) is 24.6 Å². The highest BCUT2D eigenvalue weighted by Crippen LogP contribution is 2.41. The van der Waals surface area contributed by atoms with Crippen LogP contribution in [-0.4, -0.2) is 41.4 Å². The Morgan fingerprint density at radius 3 is 2.73 bits per heavy atom. The van der Waals surface area contributed by atoms with E-state index >= 15 is 0 Å². The molecule has 2 heterocycles. The third-order valence-corrected chi connectivity index (χ3v) is 3.35. The molecule has 0 aromatic carbocycles. The summed E-state index contributed by atoms with van der Waals surface area (Å²) in [5.74, 6) is 0. The Morgan fingerprint density at radius 2 is 2.20 bits per heavy atom. The van der Waals surface area contributed by atoms with E-state index in [9.17, 15) is 18.3 Å². The maximum absolute atomic E-state index is 12.2. The van der Waals surface area contributed by atoms with E-state index in [4.69, 9.17) is 0 Å². The van der Waals surface area contributed by atoms with Gasteiger partial charge in [-0.1, -0.05) is 0 Å². The Bertz CT molecular complexity index is 287. The summed E-state index contributed by atoms with van der Waals surface area (Å²) in [5, 5.41) is 9.29. The van der Waals surface area contributed by atoms with Crippen LogP contribution in [0.1, 0.15) is 19.3 Å². The lowest BCUT2D eigenvalue weighted by Gasteiger charge is -2.28. The molecule has 2 fully saturated rings. The molecular weight excluding hydrogens is 207 g/mol. The second kappa shape index (κ2) is 3.49. The summed E-state index contributed by atoms with van der Waals surface area (Å²) in [6.45, 7) is 1.12. The molecule has 0 amide bonds. The predicted octanol–water partition coefficient (Wildman–Crippen LogP) is 1.71. The number of alkyl halides is 3. The Hall–Kier alpha value is -0.550. The monoisotopic (exact) mass is 221 g/mol. The van der Waals surface area contributed by atoms with Gasteiger partial charge >= 0.3 is 6.18 Å². The van der Waals surface area contributed by atoms with Crippen LogP contribution in [0, 0.1) is 0 Å². The third kappa shape index (κ3) is 2.03. The van der Waals surface area contributed by atoms with Crippen molar-refractivity contribution in [2.24, 2.45) is 0 Å². The number of fused-ring (bicyclic) bond motifs is 1. The van der Waals surface area contributed by atoms with E-state index in [2.05, 4.69) is 0 Å². The highest BCUT2D eigenvalue weighted by Gasteiger charge is 2.46. The predicted molar refractivity (Wildman–Crippen MR) is 49.4 cm³/mol. The van der Waals surface area contributed by atoms with Crippen molar-refractivity contribution >= 4 is 0 Å². The van der Waals surface area contributed by atoms with Gasteiger partial charge in [-0.05, 0) is 31.4 Å². The number of nitrogens with zero attached hydrogens (tertiary/aromatic N) is 1. The maximum Gasteiger partial charge on any atom is 0.409 e. The number of allylic oxidation sites excluding steroid dienone is 1. The molecule has 2 nitrogen and oxygen atoms in total. The van der Waals surface area contributed by atoms with Gasteiger partial charge in [-0.15, -0.1) is 0 Å². The van der Waals surface area contributed by atoms with Crippen molar-refractivity contribution in [2.75, 3.05) is 19.7 Å². The first-order chi connectivity index (χ1) is 6.95. The molecule has 0 aromatic rings. The molecule has 0 saturated carbocycles. The lowest BCUT2D eigenvalue weighted by molar-refractivity contribution is -0.0806. The van der Waals surface area contributed by atoms with E-state index < -0.39 is 11.7 Å². The Kier molecular flexibility index (Phi) is 2.55. The number of hydrogen-bond donors (Lipinski definition) is 1. The van der Waals surface area contributed by atoms with Crippen molar-refractivity contribution in [3.63, 3.8) is 0 Å². The summed E-state index contributed by atoms with van der Waals surface area (Å²) < 4.78 is 36.5. The highest BCUT2D eigenvalue weighted by molar-refractivity contribution is 5.21. The topological polar surface area (TPSA) is 23.5 Å². The molecular formula is C10H14F3NO. The van der Waals surface area contributed by atoms with Gasteiger partial charge in [0, 0.05) is 18.2 Å². The first-order valence-electron chi connectivity index (χ1n) is 5.08. The molecule has 2 aliphatic heterocycles. The smallest absolute Gasteiger partial charge is 0.394 e. The summed E-state index contributed by atoms with van der Waals surface area (Å²) in [6.07, 6.45) is -1.70. The summed E-state index contributed by atoms with van der Waals surface area (Å²) in [4.78, 5) is 1.98. The molecule has 0 aliphatic carbocycles. The van der Waals surface area contributed by atoms with Crippen LogP contribution in [0.5, 0.6) is 0 Å². The minimum atomic E-state index is -4.23. The molecule has 2 saturated heterocycles. The molecule has 1 atom stereocenters. The van der Waals surface area contributed by atoms with Crippen LogP contribution >= 0.6 is 0 Å². The highest BCUT2D eigenvalue weighted by atomic mass is 19.4. The van der Waals surface area contributed by atoms with Gasteiger partial charge in [-0.25, -0.2) is 0 Å². The standard InChI is InChI=1S/C10H14F3NO/c11-10(12,13)5-8-4-9(7-15)2-1-3-14(9)6-8/h5,15H,1-4,6-7H2/b8-5-. The normalized spacial score (nSPS) is 35.1. The second-order valence-electron chi connectivity index (χ2n) is 4.43. The van der Waals surface area contributed by atoms with Gasteiger partial charge in [0.2, 0.25) is 0 Å². The van der Waals surface area contributed by atoms with Crippen molar-refractivity contribution in [3.05, 3.63) is 11.6 Å². The van der Waals surface area contributed by atoms with Gasteiger partial charge in [-0.3, -0.25) is 4.90 Å². The number of aliphatic hydroxyl groups is 1. The molecule has 5 heteroatoms. The minimum Gasteiger partial charge on any atom is -0.394 e. The van der Waals surface area contributed by atoms with Crippen LogP contribution in [0.2, 0.25) is 0 Å². The van der Waals surface area contributed by atoms with Crippen molar-refractivity contribution in [2.45, 2.75) is 31.0 Å². The number of halogens is 3. The van der Waals surface area contributed by atoms with E-state index in [-0.39, 0.29) is 6.61 Å². The molecule has 0 bridgehead atoms. The van der Waals surface area contributed by atoms with Gasteiger partial charge < -0.3 is 5.11 Å². The lowest BCUT2D eigenvalue weighted by atomic mass is 9.93. The minimum absolute atomic E-state index is 0.0395. The molecule has 2 aliphatic rings. The van der Waals surface area contributed by atoms with Crippen molar-refractivity contribution in [1.82, 2.24) is 4.90 Å². The fourth-order valence-electron chi connectivity index (χ4n) is 2.73. The maximum atomic E-state index is 12.2. The average molecular weight is 221 g/mol. The first kappa shape index (κ1) is 11.0. The summed E-state index contributed by atoms with van der Waals surface area (Å²) in [5.41, 5.74) is 0.00752. The quantitative estimate of drug-likeness (QED) is 0.681. The zero-order valence-corrected chi connectivity index (χ0v) is 8.35. The SMILES string of the molecule is OCC12CCCN1C/C(=C\C(F)(F)F)C2. The Balaban J connectivity index is 2.15. The van der Waals surface area contributed by atoms with Crippen LogP contribution < -0.4 is 0 Å². The first-order valence-corrected chi connectivity index (χ1v) is 5.08. The van der Waals surface area contributed by atoms with Crippen molar-refractivity contribution < 1.29 is 18.3 Å². The zero-order valence-electron chi connectivity index (χ0n) is 8.35. The van der Waals surface area contributed by atoms with Crippen LogP contribution in [0.25, 0.3) is 0 Å². The molecule has 1 N–H and O–H groups in total. The Labute approximate surface area is 86.4 Å². The molecule has 2 rings (SSSR count). The van der Waals surface area contributed by atoms with E-state index in [1.807, 2.05) is 4.90 Å². The summed E-state index contributed by atoms with van der Waals surface area (Å²) in [7, 11) is 0. The molecule has 1 unspecified atom stereocenters. The second-order valence-corrected chi connectivity index (χ2v) is 4.43. The van der Waals surface area contributed by atoms with Gasteiger partial charge in [0.1, 0.15) is 0 Å². The molecule has 0 aromatic heterocycles. The fourth-order valence-corrected chi connectivity index (χ4v) is 2.73. The molecule has 0 radical (unpaired) electrons. The molecule has 86 valence electrons. The van der Waals surface area contributed by atoms with Crippen LogP contribution in [0.3, 0.4) is 0 Å². The van der Waals surface area contributed by atoms with E-state index in [0.717, 1.165) is 19.4 Å². The van der Waals surface area contributed by atoms with Crippen LogP contribution in [-0.2, 0) is 0 Å². The van der Waals surface area contributed by atoms with E-state index in [1.54, 1.807) is 0 Å². The number of hydrogen-bond acceptors (Lipinski definition) is 2. The van der Waals surface area contributed by atoms with Gasteiger partial charge in [0.15, 0.2) is 0 Å². The van der Waals surface area contributed by atoms with Crippen LogP contribution in [0.15, 0.2) is 11.6 Å². The summed E-state index contributed by atoms with van der Waals surface area (Å²) >= 11 is 0. The average Bonchev–Trinajstić information content (AvgIpc) is 2.57. The lowest BCUT2D eigenvalue weighted by Crippen LogP contribution is -2.41. The van der Waals surface area contributed by atoms with Crippen molar-refractivity contribution in [1.29, 1.82) is 0 Å². The number of rotatable bonds is 1. The zero-order chi connectivity index (χ0) is 11.1. The van der Waals surface area contributed by atoms with Gasteiger partial charge in [-0.2, -0.15) is 13.2 Å². The van der Waals surface area contributed by atoms with Gasteiger partial charge in [0.05, 0.1) is 6.61 Å². The van der Waals surface area contributed by atoms with Crippen molar-refractivity contribution in [3.8, 4) is 0 Å². The fraction of sp³-hybridized carbons (Fsp3) is 0.800. The number of aliphatic hydroxyl groups excluding tert-OH is 1. The molecule has 15 heavy (non-hydrogen) atoms. The van der Waals surface area contributed by atoms with E-state index in [1.165, 1.54) is 0 Å².